The lowest BCUT2D eigenvalue weighted by Gasteiger charge is -2.34. The highest BCUT2D eigenvalue weighted by Crippen LogP contribution is 2.18. The van der Waals surface area contributed by atoms with Gasteiger partial charge in [0.15, 0.2) is 0 Å². The van der Waals surface area contributed by atoms with E-state index in [0.29, 0.717) is 6.04 Å². The number of nitrogens with one attached hydrogen (secondary N) is 1. The van der Waals surface area contributed by atoms with Gasteiger partial charge in [0.25, 0.3) is 0 Å². The van der Waals surface area contributed by atoms with Gasteiger partial charge in [-0.1, -0.05) is 6.92 Å². The molecule has 4 nitrogen and oxygen atoms in total. The van der Waals surface area contributed by atoms with Crippen molar-refractivity contribution < 1.29 is 4.74 Å². The van der Waals surface area contributed by atoms with Crippen LogP contribution in [0.5, 0.6) is 0 Å². The van der Waals surface area contributed by atoms with Crippen molar-refractivity contribution in [3.63, 3.8) is 0 Å². The molecule has 1 aliphatic rings. The molecule has 0 spiro atoms. The van der Waals surface area contributed by atoms with Gasteiger partial charge in [-0.05, 0) is 53.8 Å². The molecule has 0 aromatic heterocycles. The summed E-state index contributed by atoms with van der Waals surface area (Å²) >= 11 is 0. The van der Waals surface area contributed by atoms with E-state index in [1.807, 2.05) is 0 Å². The van der Waals surface area contributed by atoms with Gasteiger partial charge in [-0.25, -0.2) is 0 Å². The highest BCUT2D eigenvalue weighted by molar-refractivity contribution is 4.84. The van der Waals surface area contributed by atoms with E-state index in [0.717, 1.165) is 25.7 Å². The van der Waals surface area contributed by atoms with Crippen LogP contribution in [0.25, 0.3) is 0 Å². The number of hydrogen-bond donors (Lipinski definition) is 1. The lowest BCUT2D eigenvalue weighted by molar-refractivity contribution is 0.0841. The summed E-state index contributed by atoms with van der Waals surface area (Å²) in [7, 11) is 4.03. The molecule has 120 valence electrons. The Labute approximate surface area is 125 Å². The maximum Gasteiger partial charge on any atom is 0.0630 e. The number of ether oxygens (including phenoxy) is 1. The molecule has 0 aliphatic carbocycles. The largest absolute Gasteiger partial charge is 0.383 e. The van der Waals surface area contributed by atoms with Crippen molar-refractivity contribution in [2.24, 2.45) is 0 Å². The predicted molar refractivity (Wildman–Crippen MR) is 86.3 cm³/mol. The molecule has 1 rings (SSSR count). The summed E-state index contributed by atoms with van der Waals surface area (Å²) in [6.07, 6.45) is 2.69. The first-order valence-corrected chi connectivity index (χ1v) is 8.05. The van der Waals surface area contributed by atoms with Gasteiger partial charge in [0.2, 0.25) is 0 Å². The molecular formula is C16H35N3O. The maximum absolute atomic E-state index is 5.41. The zero-order chi connectivity index (χ0) is 15.2. The molecule has 2 atom stereocenters. The van der Waals surface area contributed by atoms with Crippen LogP contribution in [0.15, 0.2) is 0 Å². The maximum atomic E-state index is 5.41. The van der Waals surface area contributed by atoms with E-state index in [1.165, 1.54) is 25.9 Å². The predicted octanol–water partition coefficient (Wildman–Crippen LogP) is 1.81. The molecular weight excluding hydrogens is 250 g/mol. The van der Waals surface area contributed by atoms with Gasteiger partial charge in [-0.2, -0.15) is 0 Å². The molecule has 1 N–H and O–H groups in total. The minimum Gasteiger partial charge on any atom is -0.383 e. The van der Waals surface area contributed by atoms with Crippen LogP contribution >= 0.6 is 0 Å². The smallest absolute Gasteiger partial charge is 0.0630 e. The van der Waals surface area contributed by atoms with Crippen molar-refractivity contribution in [2.75, 3.05) is 46.9 Å². The fourth-order valence-electron chi connectivity index (χ4n) is 2.96. The molecule has 1 saturated heterocycles. The molecule has 0 aromatic carbocycles. The molecule has 0 amide bonds. The molecule has 0 aromatic rings. The van der Waals surface area contributed by atoms with Crippen LogP contribution in [0.4, 0.5) is 0 Å². The zero-order valence-electron chi connectivity index (χ0n) is 14.4. The van der Waals surface area contributed by atoms with Crippen LogP contribution in [0.3, 0.4) is 0 Å². The highest BCUT2D eigenvalue weighted by atomic mass is 16.5. The number of hydrogen-bond acceptors (Lipinski definition) is 4. The lowest BCUT2D eigenvalue weighted by Crippen LogP contribution is -2.51. The Bertz CT molecular complexity index is 265. The van der Waals surface area contributed by atoms with E-state index in [-0.39, 0.29) is 5.54 Å². The van der Waals surface area contributed by atoms with E-state index < -0.39 is 0 Å². The van der Waals surface area contributed by atoms with Gasteiger partial charge in [0.1, 0.15) is 0 Å². The van der Waals surface area contributed by atoms with Crippen molar-refractivity contribution in [1.29, 1.82) is 0 Å². The summed E-state index contributed by atoms with van der Waals surface area (Å²) in [4.78, 5) is 5.08. The number of nitrogens with zero attached hydrogens (tertiary/aromatic N) is 2. The Morgan fingerprint density at radius 3 is 2.65 bits per heavy atom. The molecule has 1 aliphatic heterocycles. The van der Waals surface area contributed by atoms with Gasteiger partial charge in [-0.3, -0.25) is 9.80 Å². The van der Waals surface area contributed by atoms with Crippen molar-refractivity contribution >= 4 is 0 Å². The Kier molecular flexibility index (Phi) is 7.45. The lowest BCUT2D eigenvalue weighted by atomic mass is 10.1. The average Bonchev–Trinajstić information content (AvgIpc) is 2.80. The molecule has 0 radical (unpaired) electrons. The van der Waals surface area contributed by atoms with Gasteiger partial charge in [0, 0.05) is 37.8 Å². The number of likely N-dealkylation sites (tertiary alicyclic amines) is 1. The Balaban J connectivity index is 2.48. The van der Waals surface area contributed by atoms with Crippen LogP contribution in [-0.4, -0.2) is 74.4 Å². The van der Waals surface area contributed by atoms with Crippen LogP contribution in [-0.2, 0) is 4.74 Å². The normalized spacial score (nSPS) is 22.6. The molecule has 0 bridgehead atoms. The number of methoxy groups -OCH3 is 1. The summed E-state index contributed by atoms with van der Waals surface area (Å²) in [5.74, 6) is 0. The third-order valence-electron chi connectivity index (χ3n) is 4.25. The van der Waals surface area contributed by atoms with Crippen molar-refractivity contribution in [1.82, 2.24) is 15.1 Å². The minimum atomic E-state index is 0.162. The first-order valence-electron chi connectivity index (χ1n) is 8.05. The van der Waals surface area contributed by atoms with E-state index >= 15 is 0 Å². The van der Waals surface area contributed by atoms with E-state index in [2.05, 4.69) is 49.9 Å². The highest BCUT2D eigenvalue weighted by Gasteiger charge is 2.27. The fraction of sp³-hybridized carbons (Fsp3) is 1.00. The molecule has 20 heavy (non-hydrogen) atoms. The van der Waals surface area contributed by atoms with Crippen LogP contribution in [0.1, 0.15) is 40.5 Å². The second kappa shape index (κ2) is 8.32. The van der Waals surface area contributed by atoms with Crippen LogP contribution in [0.2, 0.25) is 0 Å². The minimum absolute atomic E-state index is 0.162. The van der Waals surface area contributed by atoms with Crippen molar-refractivity contribution in [2.45, 2.75) is 58.2 Å². The first-order chi connectivity index (χ1) is 9.37. The summed E-state index contributed by atoms with van der Waals surface area (Å²) in [5.41, 5.74) is 0.162. The molecule has 2 unspecified atom stereocenters. The summed E-state index contributed by atoms with van der Waals surface area (Å²) < 4.78 is 5.41. The fourth-order valence-corrected chi connectivity index (χ4v) is 2.96. The summed E-state index contributed by atoms with van der Waals surface area (Å²) in [5, 5.41) is 3.60. The van der Waals surface area contributed by atoms with Gasteiger partial charge >= 0.3 is 0 Å². The van der Waals surface area contributed by atoms with Crippen LogP contribution in [0, 0.1) is 0 Å². The van der Waals surface area contributed by atoms with Gasteiger partial charge in [-0.15, -0.1) is 0 Å². The van der Waals surface area contributed by atoms with Gasteiger partial charge in [0.05, 0.1) is 6.61 Å². The molecule has 4 heteroatoms. The molecule has 1 heterocycles. The molecule has 1 fully saturated rings. The zero-order valence-corrected chi connectivity index (χ0v) is 14.4. The SMILES string of the molecule is CCN1CCCC1CN(C)C(CNC(C)(C)C)COC. The van der Waals surface area contributed by atoms with Crippen molar-refractivity contribution in [3.8, 4) is 0 Å². The number of likely N-dealkylation sites (N-methyl/N-ethyl adjacent to an activating group) is 2. The topological polar surface area (TPSA) is 27.7 Å². The van der Waals surface area contributed by atoms with Crippen molar-refractivity contribution in [3.05, 3.63) is 0 Å². The van der Waals surface area contributed by atoms with Gasteiger partial charge < -0.3 is 10.1 Å². The summed E-state index contributed by atoms with van der Waals surface area (Å²) in [6.45, 7) is 14.3. The third-order valence-corrected chi connectivity index (χ3v) is 4.25. The summed E-state index contributed by atoms with van der Waals surface area (Å²) in [6, 6.07) is 1.16. The van der Waals surface area contributed by atoms with E-state index in [9.17, 15) is 0 Å². The third kappa shape index (κ3) is 6.08. The second-order valence-corrected chi connectivity index (χ2v) is 7.10. The second-order valence-electron chi connectivity index (χ2n) is 7.10. The first kappa shape index (κ1) is 17.9. The van der Waals surface area contributed by atoms with E-state index in [1.54, 1.807) is 7.11 Å². The number of rotatable bonds is 8. The monoisotopic (exact) mass is 285 g/mol. The van der Waals surface area contributed by atoms with Crippen LogP contribution < -0.4 is 5.32 Å². The Hall–Kier alpha value is -0.160. The Morgan fingerprint density at radius 1 is 1.40 bits per heavy atom. The quantitative estimate of drug-likeness (QED) is 0.736. The average molecular weight is 285 g/mol. The Morgan fingerprint density at radius 2 is 2.10 bits per heavy atom. The molecule has 0 saturated carbocycles. The van der Waals surface area contributed by atoms with E-state index in [4.69, 9.17) is 4.74 Å². The standard InChI is InChI=1S/C16H35N3O/c1-7-19-10-8-9-14(19)12-18(5)15(13-20-6)11-17-16(2,3)4/h14-15,17H,7-13H2,1-6H3.